The summed E-state index contributed by atoms with van der Waals surface area (Å²) in [6.45, 7) is 1.45. The molecule has 0 saturated heterocycles. The van der Waals surface area contributed by atoms with Crippen molar-refractivity contribution in [1.29, 1.82) is 5.26 Å². The van der Waals surface area contributed by atoms with Gasteiger partial charge in [-0.05, 0) is 42.3 Å². The number of rotatable bonds is 4. The average molecular weight is 513 g/mol. The Morgan fingerprint density at radius 2 is 1.97 bits per heavy atom. The van der Waals surface area contributed by atoms with Crippen molar-refractivity contribution in [3.8, 4) is 23.4 Å². The molecule has 0 saturated carbocycles. The lowest BCUT2D eigenvalue weighted by Crippen LogP contribution is -2.27. The molecule has 2 aromatic carbocycles. The molecule has 1 aliphatic rings. The molecule has 10 heteroatoms. The number of carbonyl (C=O) groups is 1. The van der Waals surface area contributed by atoms with E-state index in [1.165, 1.54) is 6.92 Å². The first-order chi connectivity index (χ1) is 16.3. The molecule has 1 aliphatic heterocycles. The van der Waals surface area contributed by atoms with Gasteiger partial charge in [0.15, 0.2) is 11.5 Å². The van der Waals surface area contributed by atoms with Crippen molar-refractivity contribution in [1.82, 2.24) is 4.57 Å². The Balaban J connectivity index is 1.66. The Hall–Kier alpha value is -3.51. The fourth-order valence-corrected chi connectivity index (χ4v) is 5.63. The predicted octanol–water partition coefficient (Wildman–Crippen LogP) is 5.26. The van der Waals surface area contributed by atoms with Crippen LogP contribution in [-0.4, -0.2) is 22.2 Å². The van der Waals surface area contributed by atoms with Crippen LogP contribution in [0.1, 0.15) is 31.9 Å². The van der Waals surface area contributed by atoms with E-state index in [0.29, 0.717) is 32.2 Å². The van der Waals surface area contributed by atoms with Gasteiger partial charge in [-0.3, -0.25) is 14.2 Å². The number of nitrogens with zero attached hydrogens (tertiary/aromatic N) is 2. The normalized spacial score (nSPS) is 12.2. The third kappa shape index (κ3) is 3.49. The van der Waals surface area contributed by atoms with Crippen molar-refractivity contribution in [2.75, 3.05) is 6.79 Å². The van der Waals surface area contributed by atoms with E-state index < -0.39 is 17.2 Å². The number of carbonyl (C=O) groups excluding carboxylic acids is 1. The molecule has 3 heterocycles. The molecule has 0 radical (unpaired) electrons. The number of fused-ring (bicyclic) bond motifs is 2. The van der Waals surface area contributed by atoms with Gasteiger partial charge >= 0.3 is 0 Å². The molecule has 2 aromatic heterocycles. The summed E-state index contributed by atoms with van der Waals surface area (Å²) in [5.41, 5.74) is -0.398. The monoisotopic (exact) mass is 512 g/mol. The van der Waals surface area contributed by atoms with Crippen molar-refractivity contribution in [3.63, 3.8) is 0 Å². The number of hydrogen-bond donors (Lipinski definition) is 1. The highest BCUT2D eigenvalue weighted by Gasteiger charge is 2.28. The molecule has 34 heavy (non-hydrogen) atoms. The summed E-state index contributed by atoms with van der Waals surface area (Å²) in [5.74, 6) is -0.0639. The Bertz CT molecular complexity index is 1620. The van der Waals surface area contributed by atoms with Gasteiger partial charge < -0.3 is 14.6 Å². The molecule has 0 atom stereocenters. The van der Waals surface area contributed by atoms with E-state index in [9.17, 15) is 20.0 Å². The van der Waals surface area contributed by atoms with E-state index in [1.807, 2.05) is 6.07 Å². The topological polar surface area (TPSA) is 102 Å². The second-order valence-electron chi connectivity index (χ2n) is 7.60. The van der Waals surface area contributed by atoms with Crippen LogP contribution in [0.25, 0.3) is 10.1 Å². The number of hydrogen-bond acceptors (Lipinski definition) is 7. The van der Waals surface area contributed by atoms with Gasteiger partial charge in [0, 0.05) is 15.1 Å². The average Bonchev–Trinajstić information content (AvgIpc) is 3.40. The van der Waals surface area contributed by atoms with Gasteiger partial charge in [0.25, 0.3) is 5.56 Å². The number of ether oxygens (including phenoxy) is 2. The number of nitriles is 1. The fraction of sp³-hybridized carbons (Fsp3) is 0.125. The maximum atomic E-state index is 13.6. The predicted molar refractivity (Wildman–Crippen MR) is 129 cm³/mol. The zero-order valence-corrected chi connectivity index (χ0v) is 19.8. The number of thiophene rings is 1. The van der Waals surface area contributed by atoms with Crippen LogP contribution in [0.5, 0.6) is 17.4 Å². The number of ketones is 1. The summed E-state index contributed by atoms with van der Waals surface area (Å²) in [6.07, 6.45) is 0. The van der Waals surface area contributed by atoms with Gasteiger partial charge in [0.05, 0.1) is 22.0 Å². The van der Waals surface area contributed by atoms with Crippen LogP contribution >= 0.6 is 34.5 Å². The lowest BCUT2D eigenvalue weighted by atomic mass is 10.0. The molecular weight excluding hydrogens is 499 g/mol. The maximum absolute atomic E-state index is 13.6. The summed E-state index contributed by atoms with van der Waals surface area (Å²) in [7, 11) is 0. The first-order valence-corrected chi connectivity index (χ1v) is 11.5. The van der Waals surface area contributed by atoms with E-state index in [4.69, 9.17) is 32.7 Å². The summed E-state index contributed by atoms with van der Waals surface area (Å²) in [6, 6.07) is 12.0. The Morgan fingerprint density at radius 1 is 1.21 bits per heavy atom. The smallest absolute Gasteiger partial charge is 0.271 e. The van der Waals surface area contributed by atoms with Crippen molar-refractivity contribution in [3.05, 3.63) is 83.9 Å². The highest BCUT2D eigenvalue weighted by Crippen LogP contribution is 2.39. The number of benzene rings is 2. The summed E-state index contributed by atoms with van der Waals surface area (Å²) >= 11 is 13.7. The van der Waals surface area contributed by atoms with Crippen LogP contribution in [0.2, 0.25) is 10.0 Å². The molecule has 0 aliphatic carbocycles. The summed E-state index contributed by atoms with van der Waals surface area (Å²) in [4.78, 5) is 26.8. The van der Waals surface area contributed by atoms with Crippen LogP contribution in [0.4, 0.5) is 0 Å². The van der Waals surface area contributed by atoms with E-state index in [-0.39, 0.29) is 39.9 Å². The van der Waals surface area contributed by atoms with E-state index in [0.717, 1.165) is 15.9 Å². The summed E-state index contributed by atoms with van der Waals surface area (Å²) < 4.78 is 12.4. The minimum atomic E-state index is -0.707. The Labute approximate surface area is 206 Å². The lowest BCUT2D eigenvalue weighted by Gasteiger charge is -2.15. The number of aromatic nitrogens is 1. The first kappa shape index (κ1) is 22.3. The second kappa shape index (κ2) is 8.37. The Kier molecular flexibility index (Phi) is 5.48. The largest absolute Gasteiger partial charge is 0.494 e. The van der Waals surface area contributed by atoms with Gasteiger partial charge in [-0.15, -0.1) is 11.3 Å². The van der Waals surface area contributed by atoms with Gasteiger partial charge in [0.1, 0.15) is 11.6 Å². The molecular formula is C24H14Cl2N2O5S. The Morgan fingerprint density at radius 3 is 2.74 bits per heavy atom. The number of aromatic hydroxyl groups is 1. The van der Waals surface area contributed by atoms with E-state index >= 15 is 0 Å². The molecule has 0 bridgehead atoms. The third-order valence-electron chi connectivity index (χ3n) is 5.60. The van der Waals surface area contributed by atoms with Gasteiger partial charge in [0.2, 0.25) is 18.5 Å². The molecule has 0 amide bonds. The molecule has 4 aromatic rings. The minimum Gasteiger partial charge on any atom is -0.494 e. The quantitative estimate of drug-likeness (QED) is 0.374. The number of halogens is 2. The van der Waals surface area contributed by atoms with Crippen LogP contribution in [-0.2, 0) is 6.54 Å². The van der Waals surface area contributed by atoms with Crippen LogP contribution in [0, 0.1) is 18.3 Å². The van der Waals surface area contributed by atoms with Crippen LogP contribution in [0.3, 0.4) is 0 Å². The SMILES string of the molecule is Cc1c(C(=O)c2sc3cc(Cl)ccc3c2Cl)c(O)n(Cc2ccc3c(c2)OCO3)c(=O)c1C#N. The molecule has 0 fully saturated rings. The maximum Gasteiger partial charge on any atom is 0.271 e. The zero-order chi connectivity index (χ0) is 24.1. The van der Waals surface area contributed by atoms with Crippen molar-refractivity contribution in [2.45, 2.75) is 13.5 Å². The number of pyridine rings is 1. The van der Waals surface area contributed by atoms with Gasteiger partial charge in [-0.25, -0.2) is 0 Å². The van der Waals surface area contributed by atoms with Crippen LogP contribution in [0.15, 0.2) is 41.2 Å². The standard InChI is InChI=1S/C24H14Cl2N2O5S/c1-11-15(8-27)23(30)28(9-12-2-5-16-17(6-12)33-10-32-16)24(31)19(11)21(29)22-20(26)14-4-3-13(25)7-18(14)34-22/h2-7,31H,9-10H2,1H3. The highest BCUT2D eigenvalue weighted by atomic mass is 35.5. The first-order valence-electron chi connectivity index (χ1n) is 9.97. The highest BCUT2D eigenvalue weighted by molar-refractivity contribution is 7.21. The van der Waals surface area contributed by atoms with Crippen molar-refractivity contribution >= 4 is 50.4 Å². The molecule has 0 unspecified atom stereocenters. The van der Waals surface area contributed by atoms with E-state index in [2.05, 4.69) is 0 Å². The van der Waals surface area contributed by atoms with E-state index in [1.54, 1.807) is 36.4 Å². The molecule has 0 spiro atoms. The minimum absolute atomic E-state index is 0.0866. The third-order valence-corrected chi connectivity index (χ3v) is 7.49. The van der Waals surface area contributed by atoms with Crippen LogP contribution < -0.4 is 15.0 Å². The van der Waals surface area contributed by atoms with Gasteiger partial charge in [-0.2, -0.15) is 5.26 Å². The summed E-state index contributed by atoms with van der Waals surface area (Å²) in [5, 5.41) is 22.1. The molecule has 1 N–H and O–H groups in total. The lowest BCUT2D eigenvalue weighted by molar-refractivity contribution is 0.103. The zero-order valence-electron chi connectivity index (χ0n) is 17.5. The molecule has 5 rings (SSSR count). The van der Waals surface area contributed by atoms with Gasteiger partial charge in [-0.1, -0.05) is 35.3 Å². The fourth-order valence-electron chi connectivity index (χ4n) is 3.89. The molecule has 170 valence electrons. The second-order valence-corrected chi connectivity index (χ2v) is 9.47. The molecule has 7 nitrogen and oxygen atoms in total. The van der Waals surface area contributed by atoms with Crippen molar-refractivity contribution in [2.24, 2.45) is 0 Å². The van der Waals surface area contributed by atoms with Crippen molar-refractivity contribution < 1.29 is 19.4 Å².